The summed E-state index contributed by atoms with van der Waals surface area (Å²) in [5.41, 5.74) is 1.22. The monoisotopic (exact) mass is 274 g/mol. The van der Waals surface area contributed by atoms with Crippen LogP contribution in [0.2, 0.25) is 5.02 Å². The topological polar surface area (TPSA) is 42.4 Å². The molecule has 0 spiro atoms. The Labute approximate surface area is 115 Å². The molecule has 1 aromatic heterocycles. The number of fused-ring (bicyclic) bond motifs is 1. The van der Waals surface area contributed by atoms with E-state index >= 15 is 0 Å². The summed E-state index contributed by atoms with van der Waals surface area (Å²) in [6, 6.07) is 9.10. The highest BCUT2D eigenvalue weighted by molar-refractivity contribution is 6.34. The zero-order chi connectivity index (χ0) is 13.2. The fourth-order valence-corrected chi connectivity index (χ4v) is 2.27. The molecular formula is C14H11ClN2O2. The van der Waals surface area contributed by atoms with Crippen LogP contribution in [-0.2, 0) is 0 Å². The summed E-state index contributed by atoms with van der Waals surface area (Å²) in [5, 5.41) is 0.358. The van der Waals surface area contributed by atoms with Gasteiger partial charge in [-0.05, 0) is 18.2 Å². The van der Waals surface area contributed by atoms with Crippen LogP contribution in [0.3, 0.4) is 0 Å². The standard InChI is InChI=1S/C14H11ClN2O2/c15-11-9-16-6-5-10(11)14(18)17-7-8-19-13-4-2-1-3-12(13)17/h1-6,9H,7-8H2. The van der Waals surface area contributed by atoms with E-state index in [1.54, 1.807) is 17.2 Å². The molecule has 2 aromatic rings. The van der Waals surface area contributed by atoms with Crippen LogP contribution in [0.5, 0.6) is 5.75 Å². The predicted octanol–water partition coefficient (Wildman–Crippen LogP) is 2.77. The minimum Gasteiger partial charge on any atom is -0.490 e. The Morgan fingerprint density at radius 1 is 1.32 bits per heavy atom. The average molecular weight is 275 g/mol. The minimum atomic E-state index is -0.136. The predicted molar refractivity (Wildman–Crippen MR) is 72.9 cm³/mol. The number of carbonyl (C=O) groups is 1. The molecule has 1 aliphatic heterocycles. The van der Waals surface area contributed by atoms with Crippen LogP contribution in [0.4, 0.5) is 5.69 Å². The molecule has 0 saturated carbocycles. The normalized spacial score (nSPS) is 13.6. The van der Waals surface area contributed by atoms with Gasteiger partial charge in [0.25, 0.3) is 5.91 Å². The summed E-state index contributed by atoms with van der Waals surface area (Å²) in [7, 11) is 0. The molecular weight excluding hydrogens is 264 g/mol. The smallest absolute Gasteiger partial charge is 0.260 e. The lowest BCUT2D eigenvalue weighted by molar-refractivity contribution is 0.0976. The molecule has 96 valence electrons. The first-order valence-electron chi connectivity index (χ1n) is 5.90. The van der Waals surface area contributed by atoms with E-state index in [0.717, 1.165) is 5.69 Å². The number of nitrogens with zero attached hydrogens (tertiary/aromatic N) is 2. The number of amides is 1. The van der Waals surface area contributed by atoms with E-state index in [1.165, 1.54) is 6.20 Å². The van der Waals surface area contributed by atoms with Crippen LogP contribution in [0, 0.1) is 0 Å². The molecule has 0 aliphatic carbocycles. The van der Waals surface area contributed by atoms with Gasteiger partial charge in [-0.3, -0.25) is 9.78 Å². The number of pyridine rings is 1. The lowest BCUT2D eigenvalue weighted by Gasteiger charge is -2.29. The van der Waals surface area contributed by atoms with Gasteiger partial charge in [-0.2, -0.15) is 0 Å². The first-order valence-corrected chi connectivity index (χ1v) is 6.28. The van der Waals surface area contributed by atoms with Gasteiger partial charge in [0.05, 0.1) is 22.8 Å². The third kappa shape index (κ3) is 2.15. The molecule has 0 atom stereocenters. The highest BCUT2D eigenvalue weighted by Crippen LogP contribution is 2.32. The van der Waals surface area contributed by atoms with Crippen LogP contribution in [0.25, 0.3) is 0 Å². The fraction of sp³-hybridized carbons (Fsp3) is 0.143. The zero-order valence-corrected chi connectivity index (χ0v) is 10.8. The van der Waals surface area contributed by atoms with Crippen molar-refractivity contribution in [2.24, 2.45) is 0 Å². The number of rotatable bonds is 1. The van der Waals surface area contributed by atoms with Crippen molar-refractivity contribution in [3.05, 3.63) is 53.3 Å². The molecule has 0 unspecified atom stereocenters. The quantitative estimate of drug-likeness (QED) is 0.803. The van der Waals surface area contributed by atoms with E-state index in [0.29, 0.717) is 29.5 Å². The Hall–Kier alpha value is -2.07. The molecule has 2 heterocycles. The van der Waals surface area contributed by atoms with Gasteiger partial charge in [-0.15, -0.1) is 0 Å². The molecule has 0 bridgehead atoms. The molecule has 19 heavy (non-hydrogen) atoms. The highest BCUT2D eigenvalue weighted by Gasteiger charge is 2.25. The number of ether oxygens (including phenoxy) is 1. The van der Waals surface area contributed by atoms with Crippen LogP contribution in [-0.4, -0.2) is 24.0 Å². The summed E-state index contributed by atoms with van der Waals surface area (Å²) in [6.45, 7) is 0.986. The molecule has 1 amide bonds. The van der Waals surface area contributed by atoms with E-state index in [-0.39, 0.29) is 5.91 Å². The summed E-state index contributed by atoms with van der Waals surface area (Å²) in [5.74, 6) is 0.579. The van der Waals surface area contributed by atoms with Gasteiger partial charge in [-0.1, -0.05) is 23.7 Å². The number of carbonyl (C=O) groups excluding carboxylic acids is 1. The fourth-order valence-electron chi connectivity index (χ4n) is 2.07. The molecule has 0 radical (unpaired) electrons. The molecule has 1 aromatic carbocycles. The van der Waals surface area contributed by atoms with Crippen molar-refractivity contribution in [2.45, 2.75) is 0 Å². The largest absolute Gasteiger partial charge is 0.490 e. The van der Waals surface area contributed by atoms with Crippen LogP contribution in [0.1, 0.15) is 10.4 Å². The number of halogens is 1. The molecule has 4 nitrogen and oxygen atoms in total. The van der Waals surface area contributed by atoms with E-state index in [1.807, 2.05) is 24.3 Å². The van der Waals surface area contributed by atoms with Gasteiger partial charge in [-0.25, -0.2) is 0 Å². The summed E-state index contributed by atoms with van der Waals surface area (Å²) in [6.07, 6.45) is 3.03. The lowest BCUT2D eigenvalue weighted by Crippen LogP contribution is -2.38. The van der Waals surface area contributed by atoms with E-state index in [9.17, 15) is 4.79 Å². The summed E-state index contributed by atoms with van der Waals surface area (Å²) in [4.78, 5) is 18.1. The second-order valence-corrected chi connectivity index (χ2v) is 4.54. The van der Waals surface area contributed by atoms with Gasteiger partial charge in [0.15, 0.2) is 0 Å². The Bertz CT molecular complexity index is 630. The lowest BCUT2D eigenvalue weighted by atomic mass is 10.2. The maximum atomic E-state index is 12.5. The van der Waals surface area contributed by atoms with Crippen molar-refractivity contribution in [3.8, 4) is 5.75 Å². The minimum absolute atomic E-state index is 0.136. The van der Waals surface area contributed by atoms with Crippen molar-refractivity contribution in [1.29, 1.82) is 0 Å². The SMILES string of the molecule is O=C(c1ccncc1Cl)N1CCOc2ccccc21. The summed E-state index contributed by atoms with van der Waals surface area (Å²) >= 11 is 6.02. The third-order valence-electron chi connectivity index (χ3n) is 2.98. The number of anilines is 1. The zero-order valence-electron chi connectivity index (χ0n) is 10.0. The van der Waals surface area contributed by atoms with Gasteiger partial charge < -0.3 is 9.64 Å². The number of aromatic nitrogens is 1. The van der Waals surface area contributed by atoms with Crippen molar-refractivity contribution in [3.63, 3.8) is 0 Å². The number of hydrogen-bond donors (Lipinski definition) is 0. The van der Waals surface area contributed by atoms with Gasteiger partial charge in [0.2, 0.25) is 0 Å². The number of para-hydroxylation sites is 2. The molecule has 1 aliphatic rings. The Morgan fingerprint density at radius 3 is 3.00 bits per heavy atom. The Balaban J connectivity index is 2.00. The molecule has 3 rings (SSSR count). The maximum absolute atomic E-state index is 12.5. The highest BCUT2D eigenvalue weighted by atomic mass is 35.5. The van der Waals surface area contributed by atoms with E-state index in [4.69, 9.17) is 16.3 Å². The second kappa shape index (κ2) is 4.90. The second-order valence-electron chi connectivity index (χ2n) is 4.13. The Morgan fingerprint density at radius 2 is 2.16 bits per heavy atom. The number of benzene rings is 1. The summed E-state index contributed by atoms with van der Waals surface area (Å²) < 4.78 is 5.53. The van der Waals surface area contributed by atoms with Crippen molar-refractivity contribution >= 4 is 23.2 Å². The number of hydrogen-bond acceptors (Lipinski definition) is 3. The van der Waals surface area contributed by atoms with Crippen molar-refractivity contribution in [2.75, 3.05) is 18.1 Å². The molecule has 0 N–H and O–H groups in total. The first-order chi connectivity index (χ1) is 9.27. The first kappa shape index (κ1) is 12.0. The van der Waals surface area contributed by atoms with Gasteiger partial charge in [0, 0.05) is 12.4 Å². The van der Waals surface area contributed by atoms with Crippen LogP contribution >= 0.6 is 11.6 Å². The van der Waals surface area contributed by atoms with E-state index in [2.05, 4.69) is 4.98 Å². The van der Waals surface area contributed by atoms with Crippen molar-refractivity contribution in [1.82, 2.24) is 4.98 Å². The Kier molecular flexibility index (Phi) is 3.09. The van der Waals surface area contributed by atoms with Crippen molar-refractivity contribution < 1.29 is 9.53 Å². The van der Waals surface area contributed by atoms with Crippen LogP contribution in [0.15, 0.2) is 42.7 Å². The average Bonchev–Trinajstić information content (AvgIpc) is 2.46. The van der Waals surface area contributed by atoms with Gasteiger partial charge >= 0.3 is 0 Å². The molecule has 0 fully saturated rings. The molecule has 5 heteroatoms. The molecule has 0 saturated heterocycles. The van der Waals surface area contributed by atoms with Crippen LogP contribution < -0.4 is 9.64 Å². The van der Waals surface area contributed by atoms with E-state index < -0.39 is 0 Å². The third-order valence-corrected chi connectivity index (χ3v) is 3.28. The maximum Gasteiger partial charge on any atom is 0.260 e. The van der Waals surface area contributed by atoms with Gasteiger partial charge in [0.1, 0.15) is 12.4 Å².